The number of β-amino-alcohol motifs (C(OH)–C–C–N with tert-alkyl or cyclic N) is 1. The molecule has 1 aromatic carbocycles. The second-order valence-electron chi connectivity index (χ2n) is 8.03. The lowest BCUT2D eigenvalue weighted by Crippen LogP contribution is -2.48. The zero-order valence-electron chi connectivity index (χ0n) is 17.3. The molecule has 1 aromatic rings. The van der Waals surface area contributed by atoms with Crippen molar-refractivity contribution in [3.8, 4) is 0 Å². The van der Waals surface area contributed by atoms with Crippen LogP contribution in [0.15, 0.2) is 42.0 Å². The van der Waals surface area contributed by atoms with Crippen molar-refractivity contribution < 1.29 is 14.7 Å². The molecule has 2 fully saturated rings. The van der Waals surface area contributed by atoms with Crippen molar-refractivity contribution in [3.63, 3.8) is 0 Å². The fourth-order valence-electron chi connectivity index (χ4n) is 4.26. The van der Waals surface area contributed by atoms with Crippen LogP contribution < -0.4 is 5.32 Å². The molecular formula is C23H33N3O3. The molecule has 158 valence electrons. The van der Waals surface area contributed by atoms with Crippen molar-refractivity contribution in [3.05, 3.63) is 47.5 Å². The van der Waals surface area contributed by atoms with Gasteiger partial charge in [-0.1, -0.05) is 43.3 Å². The molecule has 0 radical (unpaired) electrons. The first-order chi connectivity index (χ1) is 14.1. The number of nitrogens with zero attached hydrogens (tertiary/aromatic N) is 2. The third-order valence-electron chi connectivity index (χ3n) is 6.15. The summed E-state index contributed by atoms with van der Waals surface area (Å²) in [6, 6.07) is 9.87. The summed E-state index contributed by atoms with van der Waals surface area (Å²) in [4.78, 5) is 30.0. The number of aliphatic hydroxyl groups is 1. The van der Waals surface area contributed by atoms with Crippen LogP contribution in [0.1, 0.15) is 24.8 Å². The first kappa shape index (κ1) is 21.8. The van der Waals surface area contributed by atoms with Gasteiger partial charge in [0.1, 0.15) is 0 Å². The molecule has 2 aliphatic rings. The van der Waals surface area contributed by atoms with E-state index in [2.05, 4.69) is 15.1 Å². The van der Waals surface area contributed by atoms with Gasteiger partial charge < -0.3 is 10.4 Å². The fraction of sp³-hybridized carbons (Fsp3) is 0.565. The van der Waals surface area contributed by atoms with Crippen LogP contribution in [0.3, 0.4) is 0 Å². The molecule has 29 heavy (non-hydrogen) atoms. The lowest BCUT2D eigenvalue weighted by atomic mass is 9.73. The molecule has 1 aliphatic heterocycles. The topological polar surface area (TPSA) is 72.9 Å². The van der Waals surface area contributed by atoms with Crippen LogP contribution in [0.4, 0.5) is 0 Å². The van der Waals surface area contributed by atoms with E-state index in [9.17, 15) is 9.59 Å². The lowest BCUT2D eigenvalue weighted by Gasteiger charge is -2.34. The van der Waals surface area contributed by atoms with E-state index >= 15 is 0 Å². The van der Waals surface area contributed by atoms with E-state index in [1.807, 2.05) is 37.3 Å². The Balaban J connectivity index is 1.43. The second kappa shape index (κ2) is 10.8. The van der Waals surface area contributed by atoms with E-state index in [1.165, 1.54) is 0 Å². The van der Waals surface area contributed by atoms with Crippen LogP contribution in [0.2, 0.25) is 0 Å². The molecular weight excluding hydrogens is 366 g/mol. The number of hydrogen-bond acceptors (Lipinski definition) is 6. The zero-order chi connectivity index (χ0) is 20.6. The molecule has 1 saturated carbocycles. The number of aliphatic hydroxyl groups excluding tert-OH is 1. The number of allylic oxidation sites excluding steroid dienone is 1. The highest BCUT2D eigenvalue weighted by Gasteiger charge is 2.37. The maximum atomic E-state index is 12.8. The quantitative estimate of drug-likeness (QED) is 0.387. The van der Waals surface area contributed by atoms with Crippen molar-refractivity contribution >= 4 is 11.6 Å². The van der Waals surface area contributed by atoms with Crippen molar-refractivity contribution in [2.45, 2.75) is 19.3 Å². The van der Waals surface area contributed by atoms with Gasteiger partial charge in [0.25, 0.3) is 0 Å². The van der Waals surface area contributed by atoms with E-state index in [4.69, 9.17) is 5.11 Å². The molecule has 6 nitrogen and oxygen atoms in total. The average Bonchev–Trinajstić information content (AvgIpc) is 2.74. The SMILES string of the molecule is CC1C(=O)/C(=C/CNCCN2CCN(CCO)CC2)C(=O)CC1c1ccccc1. The summed E-state index contributed by atoms with van der Waals surface area (Å²) < 4.78 is 0. The highest BCUT2D eigenvalue weighted by atomic mass is 16.3. The van der Waals surface area contributed by atoms with Crippen LogP contribution in [0.25, 0.3) is 0 Å². The second-order valence-corrected chi connectivity index (χ2v) is 8.03. The molecule has 2 atom stereocenters. The van der Waals surface area contributed by atoms with E-state index in [0.29, 0.717) is 18.5 Å². The number of carbonyl (C=O) groups is 2. The van der Waals surface area contributed by atoms with Gasteiger partial charge in [-0.25, -0.2) is 0 Å². The molecule has 2 unspecified atom stereocenters. The molecule has 0 bridgehead atoms. The lowest BCUT2D eigenvalue weighted by molar-refractivity contribution is -0.127. The Kier molecular flexibility index (Phi) is 8.12. The normalized spacial score (nSPS) is 25.7. The summed E-state index contributed by atoms with van der Waals surface area (Å²) in [6.07, 6.45) is 2.18. The van der Waals surface area contributed by atoms with Gasteiger partial charge in [0.2, 0.25) is 0 Å². The summed E-state index contributed by atoms with van der Waals surface area (Å²) >= 11 is 0. The van der Waals surface area contributed by atoms with Crippen molar-refractivity contribution in [1.29, 1.82) is 0 Å². The van der Waals surface area contributed by atoms with Crippen LogP contribution in [-0.2, 0) is 9.59 Å². The Morgan fingerprint density at radius 3 is 2.38 bits per heavy atom. The highest BCUT2D eigenvalue weighted by molar-refractivity contribution is 6.23. The minimum absolute atomic E-state index is 0.0224. The smallest absolute Gasteiger partial charge is 0.169 e. The van der Waals surface area contributed by atoms with E-state index in [0.717, 1.165) is 51.4 Å². The van der Waals surface area contributed by atoms with E-state index < -0.39 is 0 Å². The number of piperazine rings is 1. The minimum Gasteiger partial charge on any atom is -0.395 e. The molecule has 1 aliphatic carbocycles. The average molecular weight is 400 g/mol. The van der Waals surface area contributed by atoms with Gasteiger partial charge >= 0.3 is 0 Å². The van der Waals surface area contributed by atoms with Crippen LogP contribution >= 0.6 is 0 Å². The molecule has 0 spiro atoms. The molecule has 1 saturated heterocycles. The van der Waals surface area contributed by atoms with Crippen molar-refractivity contribution in [2.24, 2.45) is 5.92 Å². The monoisotopic (exact) mass is 399 g/mol. The van der Waals surface area contributed by atoms with Gasteiger partial charge in [-0.2, -0.15) is 0 Å². The molecule has 1 heterocycles. The maximum absolute atomic E-state index is 12.8. The number of nitrogens with one attached hydrogen (secondary N) is 1. The third-order valence-corrected chi connectivity index (χ3v) is 6.15. The van der Waals surface area contributed by atoms with Gasteiger partial charge in [0.15, 0.2) is 11.6 Å². The predicted molar refractivity (Wildman–Crippen MR) is 114 cm³/mol. The molecule has 0 aromatic heterocycles. The maximum Gasteiger partial charge on any atom is 0.169 e. The number of benzene rings is 1. The molecule has 6 heteroatoms. The van der Waals surface area contributed by atoms with Gasteiger partial charge in [0.05, 0.1) is 12.2 Å². The van der Waals surface area contributed by atoms with Crippen molar-refractivity contribution in [1.82, 2.24) is 15.1 Å². The zero-order valence-corrected chi connectivity index (χ0v) is 17.3. The van der Waals surface area contributed by atoms with Gasteiger partial charge in [0, 0.05) is 70.6 Å². The first-order valence-electron chi connectivity index (χ1n) is 10.7. The fourth-order valence-corrected chi connectivity index (χ4v) is 4.26. The number of ketones is 2. The summed E-state index contributed by atoms with van der Waals surface area (Å²) in [6.45, 7) is 9.24. The number of Topliss-reactive ketones (excluding diaryl/α,β-unsaturated/α-hetero) is 2. The van der Waals surface area contributed by atoms with Crippen molar-refractivity contribution in [2.75, 3.05) is 59.0 Å². The molecule has 2 N–H and O–H groups in total. The first-order valence-corrected chi connectivity index (χ1v) is 10.7. The van der Waals surface area contributed by atoms with Gasteiger partial charge in [-0.05, 0) is 5.56 Å². The molecule has 3 rings (SSSR count). The minimum atomic E-state index is -0.170. The van der Waals surface area contributed by atoms with E-state index in [-0.39, 0.29) is 30.0 Å². The van der Waals surface area contributed by atoms with Gasteiger partial charge in [-0.15, -0.1) is 0 Å². The number of rotatable bonds is 8. The Hall–Kier alpha value is -1.86. The van der Waals surface area contributed by atoms with Crippen LogP contribution in [0.5, 0.6) is 0 Å². The number of hydrogen-bond donors (Lipinski definition) is 2. The number of carbonyl (C=O) groups excluding carboxylic acids is 2. The summed E-state index contributed by atoms with van der Waals surface area (Å²) in [5, 5.41) is 12.3. The summed E-state index contributed by atoms with van der Waals surface area (Å²) in [5.41, 5.74) is 1.44. The largest absolute Gasteiger partial charge is 0.395 e. The van der Waals surface area contributed by atoms with E-state index in [1.54, 1.807) is 6.08 Å². The van der Waals surface area contributed by atoms with Gasteiger partial charge in [-0.3, -0.25) is 19.4 Å². The molecule has 0 amide bonds. The Labute approximate surface area is 173 Å². The summed E-state index contributed by atoms with van der Waals surface area (Å²) in [5.74, 6) is -0.261. The van der Waals surface area contributed by atoms with Crippen LogP contribution in [-0.4, -0.2) is 85.4 Å². The van der Waals surface area contributed by atoms with Crippen LogP contribution in [0, 0.1) is 5.92 Å². The summed E-state index contributed by atoms with van der Waals surface area (Å²) in [7, 11) is 0. The predicted octanol–water partition coefficient (Wildman–Crippen LogP) is 1.07. The Morgan fingerprint density at radius 2 is 1.72 bits per heavy atom. The standard InChI is InChI=1S/C23H33N3O3/c1-18-21(19-5-3-2-4-6-19)17-22(28)20(23(18)29)7-8-24-9-10-25-11-13-26(14-12-25)15-16-27/h2-7,18,21,24,27H,8-17H2,1H3/b20-7+. The highest BCUT2D eigenvalue weighted by Crippen LogP contribution is 2.35. The third kappa shape index (κ3) is 5.82. The Bertz CT molecular complexity index is 711. The Morgan fingerprint density at radius 1 is 1.07 bits per heavy atom.